The molecule has 0 bridgehead atoms. The van der Waals surface area contributed by atoms with Crippen molar-refractivity contribution in [3.8, 4) is 0 Å². The maximum absolute atomic E-state index is 12.1. The van der Waals surface area contributed by atoms with Crippen LogP contribution in [-0.4, -0.2) is 37.2 Å². The van der Waals surface area contributed by atoms with Gasteiger partial charge in [0.05, 0.1) is 18.9 Å². The molecule has 0 saturated carbocycles. The van der Waals surface area contributed by atoms with E-state index >= 15 is 0 Å². The number of rotatable bonds is 4. The van der Waals surface area contributed by atoms with Gasteiger partial charge in [0, 0.05) is 25.4 Å². The van der Waals surface area contributed by atoms with E-state index in [1.54, 1.807) is 18.3 Å². The largest absolute Gasteiger partial charge is 0.451 e. The monoisotopic (exact) mass is 425 g/mol. The standard InChI is InChI=1S/C16H16IN3O3/c17-14-5-3-12(23-14)4-6-15(21)19-13-2-1-7-18-16(13)20-8-10-22-11-9-20/h1-7H,8-11H2,(H,19,21)/b6-4+. The van der Waals surface area contributed by atoms with E-state index in [1.165, 1.54) is 6.08 Å². The van der Waals surface area contributed by atoms with E-state index in [0.717, 1.165) is 22.7 Å². The van der Waals surface area contributed by atoms with Crippen molar-refractivity contribution in [3.05, 3.63) is 46.1 Å². The summed E-state index contributed by atoms with van der Waals surface area (Å²) in [7, 11) is 0. The molecule has 3 rings (SSSR count). The number of carbonyl (C=O) groups excluding carboxylic acids is 1. The zero-order chi connectivity index (χ0) is 16.1. The molecule has 0 unspecified atom stereocenters. The SMILES string of the molecule is O=C(/C=C/c1ccc(I)o1)Nc1cccnc1N1CCOCC1. The minimum atomic E-state index is -0.223. The number of morpholine rings is 1. The highest BCUT2D eigenvalue weighted by molar-refractivity contribution is 14.1. The fraction of sp³-hybridized carbons (Fsp3) is 0.250. The Bertz CT molecular complexity index is 708. The van der Waals surface area contributed by atoms with E-state index in [0.29, 0.717) is 24.7 Å². The molecular formula is C16H16IN3O3. The molecule has 1 amide bonds. The molecule has 2 aromatic rings. The zero-order valence-electron chi connectivity index (χ0n) is 12.4. The van der Waals surface area contributed by atoms with Crippen molar-refractivity contribution in [1.29, 1.82) is 0 Å². The van der Waals surface area contributed by atoms with Crippen LogP contribution in [0.15, 0.2) is 41.0 Å². The van der Waals surface area contributed by atoms with Crippen LogP contribution in [0.2, 0.25) is 0 Å². The Morgan fingerprint density at radius 1 is 1.30 bits per heavy atom. The summed E-state index contributed by atoms with van der Waals surface area (Å²) in [5.41, 5.74) is 0.693. The average Bonchev–Trinajstić information content (AvgIpc) is 3.00. The van der Waals surface area contributed by atoms with Crippen molar-refractivity contribution < 1.29 is 13.9 Å². The number of furan rings is 1. The molecule has 1 N–H and O–H groups in total. The lowest BCUT2D eigenvalue weighted by Gasteiger charge is -2.29. The number of hydrogen-bond acceptors (Lipinski definition) is 5. The van der Waals surface area contributed by atoms with Gasteiger partial charge in [-0.05, 0) is 52.9 Å². The Hall–Kier alpha value is -1.87. The Balaban J connectivity index is 1.69. The third kappa shape index (κ3) is 4.32. The van der Waals surface area contributed by atoms with Crippen LogP contribution in [0.1, 0.15) is 5.76 Å². The van der Waals surface area contributed by atoms with Crippen LogP contribution in [0.3, 0.4) is 0 Å². The fourth-order valence-electron chi connectivity index (χ4n) is 2.27. The highest BCUT2D eigenvalue weighted by Gasteiger charge is 2.16. The normalized spacial score (nSPS) is 15.1. The molecule has 0 atom stereocenters. The summed E-state index contributed by atoms with van der Waals surface area (Å²) < 4.78 is 11.5. The highest BCUT2D eigenvalue weighted by atomic mass is 127. The number of nitrogens with zero attached hydrogens (tertiary/aromatic N) is 2. The van der Waals surface area contributed by atoms with Crippen LogP contribution in [0, 0.1) is 3.77 Å². The molecular weight excluding hydrogens is 409 g/mol. The lowest BCUT2D eigenvalue weighted by atomic mass is 10.3. The number of anilines is 2. The predicted octanol–water partition coefficient (Wildman–Crippen LogP) is 2.77. The van der Waals surface area contributed by atoms with Gasteiger partial charge in [-0.3, -0.25) is 4.79 Å². The minimum absolute atomic E-state index is 0.223. The van der Waals surface area contributed by atoms with Gasteiger partial charge in [-0.1, -0.05) is 0 Å². The molecule has 0 spiro atoms. The van der Waals surface area contributed by atoms with Gasteiger partial charge in [0.1, 0.15) is 5.76 Å². The van der Waals surface area contributed by atoms with Crippen molar-refractivity contribution in [2.45, 2.75) is 0 Å². The molecule has 120 valence electrons. The summed E-state index contributed by atoms with van der Waals surface area (Å²) in [5.74, 6) is 1.19. The molecule has 3 heterocycles. The van der Waals surface area contributed by atoms with Crippen molar-refractivity contribution in [1.82, 2.24) is 4.98 Å². The lowest BCUT2D eigenvalue weighted by molar-refractivity contribution is -0.111. The minimum Gasteiger partial charge on any atom is -0.451 e. The number of pyridine rings is 1. The third-order valence-electron chi connectivity index (χ3n) is 3.35. The van der Waals surface area contributed by atoms with E-state index in [1.807, 2.05) is 18.2 Å². The number of aromatic nitrogens is 1. The van der Waals surface area contributed by atoms with Gasteiger partial charge in [-0.25, -0.2) is 4.98 Å². The molecule has 0 aliphatic carbocycles. The fourth-order valence-corrected chi connectivity index (χ4v) is 2.71. The van der Waals surface area contributed by atoms with Crippen LogP contribution in [0.4, 0.5) is 11.5 Å². The molecule has 2 aromatic heterocycles. The maximum Gasteiger partial charge on any atom is 0.248 e. The van der Waals surface area contributed by atoms with Crippen LogP contribution in [0.25, 0.3) is 6.08 Å². The van der Waals surface area contributed by atoms with E-state index in [-0.39, 0.29) is 5.91 Å². The molecule has 7 heteroatoms. The molecule has 6 nitrogen and oxygen atoms in total. The second-order valence-corrected chi connectivity index (χ2v) is 6.00. The first-order valence-corrected chi connectivity index (χ1v) is 8.32. The number of halogens is 1. The summed E-state index contributed by atoms with van der Waals surface area (Å²) in [4.78, 5) is 18.6. The van der Waals surface area contributed by atoms with Gasteiger partial charge in [-0.15, -0.1) is 0 Å². The zero-order valence-corrected chi connectivity index (χ0v) is 14.5. The summed E-state index contributed by atoms with van der Waals surface area (Å²) in [6, 6.07) is 7.31. The van der Waals surface area contributed by atoms with Crippen molar-refractivity contribution in [2.24, 2.45) is 0 Å². The molecule has 1 fully saturated rings. The Kier molecular flexibility index (Phi) is 5.29. The van der Waals surface area contributed by atoms with Crippen LogP contribution >= 0.6 is 22.6 Å². The predicted molar refractivity (Wildman–Crippen MR) is 96.4 cm³/mol. The molecule has 0 aromatic carbocycles. The van der Waals surface area contributed by atoms with Crippen LogP contribution in [0.5, 0.6) is 0 Å². The van der Waals surface area contributed by atoms with Gasteiger partial charge in [0.15, 0.2) is 9.58 Å². The first kappa shape index (κ1) is 16.0. The second-order valence-electron chi connectivity index (χ2n) is 4.94. The van der Waals surface area contributed by atoms with Gasteiger partial charge in [-0.2, -0.15) is 0 Å². The van der Waals surface area contributed by atoms with Crippen molar-refractivity contribution >= 4 is 46.1 Å². The lowest BCUT2D eigenvalue weighted by Crippen LogP contribution is -2.37. The van der Waals surface area contributed by atoms with E-state index < -0.39 is 0 Å². The van der Waals surface area contributed by atoms with Gasteiger partial charge in [0.2, 0.25) is 5.91 Å². The summed E-state index contributed by atoms with van der Waals surface area (Å²) in [5, 5.41) is 2.87. The Morgan fingerprint density at radius 3 is 2.87 bits per heavy atom. The Morgan fingerprint density at radius 2 is 2.13 bits per heavy atom. The summed E-state index contributed by atoms with van der Waals surface area (Å²) >= 11 is 2.08. The highest BCUT2D eigenvalue weighted by Crippen LogP contribution is 2.23. The number of ether oxygens (including phenoxy) is 1. The van der Waals surface area contributed by atoms with Crippen LogP contribution in [-0.2, 0) is 9.53 Å². The molecule has 23 heavy (non-hydrogen) atoms. The quantitative estimate of drug-likeness (QED) is 0.603. The summed E-state index contributed by atoms with van der Waals surface area (Å²) in [6.45, 7) is 2.86. The van der Waals surface area contributed by atoms with Gasteiger partial charge >= 0.3 is 0 Å². The first-order chi connectivity index (χ1) is 11.2. The van der Waals surface area contributed by atoms with E-state index in [4.69, 9.17) is 9.15 Å². The molecule has 1 saturated heterocycles. The third-order valence-corrected chi connectivity index (χ3v) is 3.93. The first-order valence-electron chi connectivity index (χ1n) is 7.24. The van der Waals surface area contributed by atoms with E-state index in [9.17, 15) is 4.79 Å². The molecule has 0 radical (unpaired) electrons. The number of nitrogens with one attached hydrogen (secondary N) is 1. The topological polar surface area (TPSA) is 67.6 Å². The van der Waals surface area contributed by atoms with Crippen LogP contribution < -0.4 is 10.2 Å². The maximum atomic E-state index is 12.1. The molecule has 1 aliphatic rings. The average molecular weight is 425 g/mol. The Labute approximate surface area is 147 Å². The second kappa shape index (κ2) is 7.60. The van der Waals surface area contributed by atoms with E-state index in [2.05, 4.69) is 37.8 Å². The van der Waals surface area contributed by atoms with Crippen molar-refractivity contribution in [2.75, 3.05) is 36.5 Å². The van der Waals surface area contributed by atoms with Crippen molar-refractivity contribution in [3.63, 3.8) is 0 Å². The smallest absolute Gasteiger partial charge is 0.248 e. The number of carbonyl (C=O) groups is 1. The number of amides is 1. The molecule has 1 aliphatic heterocycles. The number of hydrogen-bond donors (Lipinski definition) is 1. The summed E-state index contributed by atoms with van der Waals surface area (Å²) in [6.07, 6.45) is 4.81. The van der Waals surface area contributed by atoms with Gasteiger partial charge < -0.3 is 19.4 Å². The van der Waals surface area contributed by atoms with Gasteiger partial charge in [0.25, 0.3) is 0 Å².